The summed E-state index contributed by atoms with van der Waals surface area (Å²) in [7, 11) is 0. The Kier molecular flexibility index (Phi) is 3.51. The third kappa shape index (κ3) is 2.82. The lowest BCUT2D eigenvalue weighted by atomic mass is 10.4. The van der Waals surface area contributed by atoms with Crippen molar-refractivity contribution >= 4 is 28.6 Å². The highest BCUT2D eigenvalue weighted by atomic mass is 32.1. The average molecular weight is 331 g/mol. The highest BCUT2D eigenvalue weighted by Crippen LogP contribution is 2.39. The molecule has 0 spiro atoms. The molecule has 1 N–H and O–H groups in total. The van der Waals surface area contributed by atoms with E-state index in [1.807, 2.05) is 29.6 Å². The van der Waals surface area contributed by atoms with Gasteiger partial charge in [-0.2, -0.15) is 4.98 Å². The lowest BCUT2D eigenvalue weighted by molar-refractivity contribution is 0.0955. The minimum absolute atomic E-state index is 0.0428. The number of hydrogen-bond acceptors (Lipinski definition) is 6. The van der Waals surface area contributed by atoms with Crippen LogP contribution >= 0.6 is 22.7 Å². The summed E-state index contributed by atoms with van der Waals surface area (Å²) in [5.41, 5.74) is 0. The van der Waals surface area contributed by atoms with E-state index in [9.17, 15) is 4.79 Å². The quantitative estimate of drug-likeness (QED) is 0.774. The average Bonchev–Trinajstić information content (AvgIpc) is 3.02. The molecule has 0 radical (unpaired) electrons. The van der Waals surface area contributed by atoms with E-state index >= 15 is 0 Å². The Morgan fingerprint density at radius 1 is 1.36 bits per heavy atom. The van der Waals surface area contributed by atoms with Gasteiger partial charge < -0.3 is 9.84 Å². The number of hydrogen-bond donors (Lipinski definition) is 1. The molecule has 1 saturated carbocycles. The van der Waals surface area contributed by atoms with Crippen LogP contribution in [-0.2, 0) is 6.54 Å². The summed E-state index contributed by atoms with van der Waals surface area (Å²) < 4.78 is 5.31. The Labute approximate surface area is 135 Å². The van der Waals surface area contributed by atoms with Gasteiger partial charge in [-0.25, -0.2) is 0 Å². The third-order valence-electron chi connectivity index (χ3n) is 3.42. The lowest BCUT2D eigenvalue weighted by Gasteiger charge is -2.00. The van der Waals surface area contributed by atoms with Crippen LogP contribution in [0.2, 0.25) is 0 Å². The smallest absolute Gasteiger partial charge is 0.268 e. The number of carbonyl (C=O) groups is 1. The zero-order valence-corrected chi connectivity index (χ0v) is 13.2. The number of nitrogens with zero attached hydrogens (tertiary/aromatic N) is 2. The fourth-order valence-corrected chi connectivity index (χ4v) is 3.60. The van der Waals surface area contributed by atoms with Crippen molar-refractivity contribution in [2.75, 3.05) is 0 Å². The van der Waals surface area contributed by atoms with Gasteiger partial charge in [0.1, 0.15) is 0 Å². The molecule has 4 rings (SSSR count). The molecule has 0 aliphatic heterocycles. The van der Waals surface area contributed by atoms with Crippen molar-refractivity contribution in [3.05, 3.63) is 45.2 Å². The maximum atomic E-state index is 11.9. The van der Waals surface area contributed by atoms with Crippen LogP contribution in [0.15, 0.2) is 34.2 Å². The molecule has 5 nitrogen and oxygen atoms in total. The lowest BCUT2D eigenvalue weighted by Crippen LogP contribution is -2.21. The molecule has 0 atom stereocenters. The van der Waals surface area contributed by atoms with Crippen LogP contribution in [0.1, 0.15) is 39.1 Å². The Bertz CT molecular complexity index is 787. The summed E-state index contributed by atoms with van der Waals surface area (Å²) in [6, 6.07) is 7.63. The Morgan fingerprint density at radius 3 is 3.05 bits per heavy atom. The summed E-state index contributed by atoms with van der Waals surface area (Å²) in [6.45, 7) is 0.505. The zero-order valence-electron chi connectivity index (χ0n) is 11.6. The first kappa shape index (κ1) is 13.7. The second kappa shape index (κ2) is 5.66. The number of nitrogens with one attached hydrogen (secondary N) is 1. The zero-order chi connectivity index (χ0) is 14.9. The van der Waals surface area contributed by atoms with E-state index in [1.54, 1.807) is 11.3 Å². The first-order valence-corrected chi connectivity index (χ1v) is 8.73. The Hall–Kier alpha value is -1.99. The molecule has 0 aromatic carbocycles. The highest BCUT2D eigenvalue weighted by molar-refractivity contribution is 7.15. The van der Waals surface area contributed by atoms with E-state index in [-0.39, 0.29) is 5.91 Å². The van der Waals surface area contributed by atoms with Crippen LogP contribution < -0.4 is 5.32 Å². The fourth-order valence-electron chi connectivity index (χ4n) is 2.09. The molecule has 0 bridgehead atoms. The molecule has 7 heteroatoms. The van der Waals surface area contributed by atoms with E-state index in [1.165, 1.54) is 11.3 Å². The molecular weight excluding hydrogens is 318 g/mol. The molecule has 1 fully saturated rings. The van der Waals surface area contributed by atoms with Gasteiger partial charge in [0.2, 0.25) is 0 Å². The second-order valence-corrected chi connectivity index (χ2v) is 7.27. The number of aromatic nitrogens is 2. The third-order valence-corrected chi connectivity index (χ3v) is 5.37. The summed E-state index contributed by atoms with van der Waals surface area (Å²) in [5, 5.41) is 8.83. The topological polar surface area (TPSA) is 68.0 Å². The van der Waals surface area contributed by atoms with Crippen LogP contribution in [0, 0.1) is 0 Å². The molecule has 1 aliphatic carbocycles. The van der Waals surface area contributed by atoms with Crippen LogP contribution in [0.5, 0.6) is 0 Å². The van der Waals surface area contributed by atoms with Crippen molar-refractivity contribution in [1.82, 2.24) is 15.5 Å². The second-order valence-electron chi connectivity index (χ2n) is 5.16. The molecule has 0 unspecified atom stereocenters. The molecule has 3 heterocycles. The van der Waals surface area contributed by atoms with Gasteiger partial charge in [-0.3, -0.25) is 4.79 Å². The van der Waals surface area contributed by atoms with Crippen molar-refractivity contribution < 1.29 is 9.32 Å². The van der Waals surface area contributed by atoms with E-state index in [4.69, 9.17) is 4.52 Å². The number of thiophene rings is 2. The SMILES string of the molecule is O=C(NCc1ccc(-c2nc(C3CC3)no2)s1)c1cccs1. The molecule has 1 aliphatic rings. The number of rotatable bonds is 5. The van der Waals surface area contributed by atoms with Crippen molar-refractivity contribution in [1.29, 1.82) is 0 Å². The van der Waals surface area contributed by atoms with Crippen LogP contribution in [0.4, 0.5) is 0 Å². The maximum absolute atomic E-state index is 11.9. The van der Waals surface area contributed by atoms with E-state index in [0.29, 0.717) is 18.4 Å². The van der Waals surface area contributed by atoms with Gasteiger partial charge >= 0.3 is 0 Å². The maximum Gasteiger partial charge on any atom is 0.268 e. The number of amides is 1. The minimum atomic E-state index is -0.0428. The first-order chi connectivity index (χ1) is 10.8. The molecule has 3 aromatic rings. The van der Waals surface area contributed by atoms with Crippen LogP contribution in [0.25, 0.3) is 10.8 Å². The molecule has 112 valence electrons. The van der Waals surface area contributed by atoms with Gasteiger partial charge in [0.15, 0.2) is 5.82 Å². The monoisotopic (exact) mass is 331 g/mol. The summed E-state index contributed by atoms with van der Waals surface area (Å²) in [4.78, 5) is 19.1. The highest BCUT2D eigenvalue weighted by Gasteiger charge is 2.29. The predicted molar refractivity (Wildman–Crippen MR) is 85.1 cm³/mol. The molecular formula is C15H13N3O2S2. The molecule has 1 amide bonds. The van der Waals surface area contributed by atoms with E-state index < -0.39 is 0 Å². The van der Waals surface area contributed by atoms with Crippen molar-refractivity contribution in [2.24, 2.45) is 0 Å². The van der Waals surface area contributed by atoms with Crippen molar-refractivity contribution in [2.45, 2.75) is 25.3 Å². The number of carbonyl (C=O) groups excluding carboxylic acids is 1. The summed E-state index contributed by atoms with van der Waals surface area (Å²) in [6.07, 6.45) is 2.31. The van der Waals surface area contributed by atoms with Gasteiger partial charge in [0.05, 0.1) is 16.3 Å². The van der Waals surface area contributed by atoms with Gasteiger partial charge in [-0.1, -0.05) is 11.2 Å². The molecule has 22 heavy (non-hydrogen) atoms. The van der Waals surface area contributed by atoms with Gasteiger partial charge in [-0.15, -0.1) is 22.7 Å². The largest absolute Gasteiger partial charge is 0.346 e. The van der Waals surface area contributed by atoms with Crippen LogP contribution in [-0.4, -0.2) is 16.0 Å². The molecule has 0 saturated heterocycles. The van der Waals surface area contributed by atoms with Gasteiger partial charge in [0.25, 0.3) is 11.8 Å². The standard InChI is InChI=1S/C15H13N3O2S2/c19-14(11-2-1-7-21-11)16-8-10-5-6-12(22-10)15-17-13(18-20-15)9-3-4-9/h1-2,5-7,9H,3-4,8H2,(H,16,19). The van der Waals surface area contributed by atoms with Crippen molar-refractivity contribution in [3.63, 3.8) is 0 Å². The van der Waals surface area contributed by atoms with Crippen molar-refractivity contribution in [3.8, 4) is 10.8 Å². The van der Waals surface area contributed by atoms with Crippen LogP contribution in [0.3, 0.4) is 0 Å². The normalized spacial score (nSPS) is 14.2. The molecule has 3 aromatic heterocycles. The predicted octanol–water partition coefficient (Wildman–Crippen LogP) is 3.67. The summed E-state index contributed by atoms with van der Waals surface area (Å²) in [5.74, 6) is 1.83. The fraction of sp³-hybridized carbons (Fsp3) is 0.267. The minimum Gasteiger partial charge on any atom is -0.346 e. The Morgan fingerprint density at radius 2 is 2.27 bits per heavy atom. The Balaban J connectivity index is 1.41. The van der Waals surface area contributed by atoms with E-state index in [2.05, 4.69) is 15.5 Å². The van der Waals surface area contributed by atoms with E-state index in [0.717, 1.165) is 33.3 Å². The summed E-state index contributed by atoms with van der Waals surface area (Å²) >= 11 is 3.00. The van der Waals surface area contributed by atoms with Gasteiger partial charge in [-0.05, 0) is 36.4 Å². The van der Waals surface area contributed by atoms with Gasteiger partial charge in [0, 0.05) is 10.8 Å². The first-order valence-electron chi connectivity index (χ1n) is 7.04.